The highest BCUT2D eigenvalue weighted by atomic mass is 19.4. The number of aromatic nitrogens is 1. The van der Waals surface area contributed by atoms with E-state index >= 15 is 0 Å². The van der Waals surface area contributed by atoms with Crippen LogP contribution in [0.4, 0.5) is 19.0 Å². The van der Waals surface area contributed by atoms with Crippen LogP contribution in [0, 0.1) is 0 Å². The molecule has 154 valence electrons. The molecule has 9 heteroatoms. The molecule has 4 heterocycles. The Balaban J connectivity index is 1.29. The number of likely N-dealkylation sites (tertiary alicyclic amines) is 1. The second kappa shape index (κ2) is 7.87. The minimum atomic E-state index is -4.42. The average molecular weight is 398 g/mol. The number of ether oxygens (including phenoxy) is 1. The Kier molecular flexibility index (Phi) is 5.46. The van der Waals surface area contributed by atoms with Crippen molar-refractivity contribution in [3.05, 3.63) is 23.9 Å². The smallest absolute Gasteiger partial charge is 0.433 e. The minimum absolute atomic E-state index is 0.0789. The fourth-order valence-corrected chi connectivity index (χ4v) is 4.45. The Morgan fingerprint density at radius 3 is 2.29 bits per heavy atom. The van der Waals surface area contributed by atoms with Crippen molar-refractivity contribution in [2.75, 3.05) is 50.8 Å². The quantitative estimate of drug-likeness (QED) is 0.726. The first-order valence-corrected chi connectivity index (χ1v) is 9.86. The molecule has 1 unspecified atom stereocenters. The molecule has 0 radical (unpaired) electrons. The molecule has 0 aromatic carbocycles. The third-order valence-electron chi connectivity index (χ3n) is 6.03. The van der Waals surface area contributed by atoms with Crippen LogP contribution in [0.3, 0.4) is 0 Å². The summed E-state index contributed by atoms with van der Waals surface area (Å²) in [4.78, 5) is 22.1. The van der Waals surface area contributed by atoms with Gasteiger partial charge in [0.1, 0.15) is 17.6 Å². The van der Waals surface area contributed by atoms with E-state index < -0.39 is 11.9 Å². The lowest BCUT2D eigenvalue weighted by Gasteiger charge is -2.43. The first-order valence-electron chi connectivity index (χ1n) is 9.86. The van der Waals surface area contributed by atoms with Gasteiger partial charge < -0.3 is 9.64 Å². The van der Waals surface area contributed by atoms with Crippen molar-refractivity contribution in [3.8, 4) is 0 Å². The first kappa shape index (κ1) is 19.4. The monoisotopic (exact) mass is 398 g/mol. The summed E-state index contributed by atoms with van der Waals surface area (Å²) >= 11 is 0. The molecule has 0 spiro atoms. The summed E-state index contributed by atoms with van der Waals surface area (Å²) < 4.78 is 43.7. The van der Waals surface area contributed by atoms with Gasteiger partial charge in [0.25, 0.3) is 0 Å². The lowest BCUT2D eigenvalue weighted by Crippen LogP contribution is -2.54. The maximum Gasteiger partial charge on any atom is 0.433 e. The second-order valence-electron chi connectivity index (χ2n) is 7.64. The van der Waals surface area contributed by atoms with Crippen LogP contribution in [-0.4, -0.2) is 78.7 Å². The van der Waals surface area contributed by atoms with Gasteiger partial charge in [0.2, 0.25) is 0 Å². The van der Waals surface area contributed by atoms with Gasteiger partial charge in [-0.3, -0.25) is 14.6 Å². The van der Waals surface area contributed by atoms with Gasteiger partial charge in [-0.05, 0) is 25.0 Å². The molecule has 3 fully saturated rings. The summed E-state index contributed by atoms with van der Waals surface area (Å²) in [6.07, 6.45) is -1.62. The Hall–Kier alpha value is -1.87. The fraction of sp³-hybridized carbons (Fsp3) is 0.684. The Labute approximate surface area is 162 Å². The van der Waals surface area contributed by atoms with Crippen molar-refractivity contribution in [3.63, 3.8) is 0 Å². The number of hydrogen-bond donors (Lipinski definition) is 0. The molecule has 0 saturated carbocycles. The molecule has 0 N–H and O–H groups in total. The molecule has 0 aliphatic carbocycles. The van der Waals surface area contributed by atoms with Gasteiger partial charge in [-0.15, -0.1) is 0 Å². The summed E-state index contributed by atoms with van der Waals surface area (Å²) in [6, 6.07) is 4.45. The van der Waals surface area contributed by atoms with Gasteiger partial charge in [0.15, 0.2) is 0 Å². The molecule has 1 atom stereocenters. The highest BCUT2D eigenvalue weighted by Crippen LogP contribution is 2.29. The van der Waals surface area contributed by atoms with Crippen LogP contribution >= 0.6 is 0 Å². The van der Waals surface area contributed by atoms with Gasteiger partial charge in [-0.1, -0.05) is 6.07 Å². The summed E-state index contributed by atoms with van der Waals surface area (Å²) in [5.41, 5.74) is -0.842. The zero-order valence-electron chi connectivity index (χ0n) is 15.7. The summed E-state index contributed by atoms with van der Waals surface area (Å²) in [6.45, 7) is 5.27. The normalized spacial score (nSPS) is 25.9. The summed E-state index contributed by atoms with van der Waals surface area (Å²) in [5, 5.41) is 0. The number of alkyl halides is 3. The van der Waals surface area contributed by atoms with E-state index in [9.17, 15) is 18.0 Å². The Morgan fingerprint density at radius 1 is 0.964 bits per heavy atom. The molecular weight excluding hydrogens is 373 g/mol. The Morgan fingerprint density at radius 2 is 1.68 bits per heavy atom. The van der Waals surface area contributed by atoms with Crippen LogP contribution in [0.25, 0.3) is 0 Å². The zero-order valence-corrected chi connectivity index (χ0v) is 15.7. The van der Waals surface area contributed by atoms with Crippen LogP contribution in [-0.2, 0) is 15.7 Å². The number of nitrogens with zero attached hydrogens (tertiary/aromatic N) is 4. The van der Waals surface area contributed by atoms with Crippen molar-refractivity contribution in [1.29, 1.82) is 0 Å². The van der Waals surface area contributed by atoms with Crippen molar-refractivity contribution < 1.29 is 22.7 Å². The van der Waals surface area contributed by atoms with E-state index in [1.54, 1.807) is 6.07 Å². The van der Waals surface area contributed by atoms with E-state index in [1.807, 2.05) is 4.90 Å². The third kappa shape index (κ3) is 4.10. The average Bonchev–Trinajstić information content (AvgIpc) is 3.14. The van der Waals surface area contributed by atoms with E-state index in [2.05, 4.69) is 14.8 Å². The SMILES string of the molecule is O=C1OCCC1N1CCC(N2CCN(c3cccc(C(F)(F)F)n3)CC2)CC1. The number of pyridine rings is 1. The third-order valence-corrected chi connectivity index (χ3v) is 6.03. The van der Waals surface area contributed by atoms with Crippen LogP contribution in [0.1, 0.15) is 25.0 Å². The number of rotatable bonds is 3. The predicted octanol–water partition coefficient (Wildman–Crippen LogP) is 2.00. The molecule has 3 aliphatic rings. The van der Waals surface area contributed by atoms with Crippen molar-refractivity contribution in [1.82, 2.24) is 14.8 Å². The number of cyclic esters (lactones) is 1. The van der Waals surface area contributed by atoms with Crippen molar-refractivity contribution in [2.24, 2.45) is 0 Å². The number of carbonyl (C=O) groups is 1. The van der Waals surface area contributed by atoms with Crippen molar-refractivity contribution >= 4 is 11.8 Å². The summed E-state index contributed by atoms with van der Waals surface area (Å²) in [5.74, 6) is 0.296. The molecule has 3 saturated heterocycles. The molecule has 3 aliphatic heterocycles. The van der Waals surface area contributed by atoms with Crippen LogP contribution < -0.4 is 4.90 Å². The maximum atomic E-state index is 12.9. The molecule has 0 amide bonds. The van der Waals surface area contributed by atoms with Gasteiger partial charge in [0.05, 0.1) is 6.61 Å². The lowest BCUT2D eigenvalue weighted by atomic mass is 10.00. The van der Waals surface area contributed by atoms with Crippen LogP contribution in [0.15, 0.2) is 18.2 Å². The van der Waals surface area contributed by atoms with E-state index in [4.69, 9.17) is 4.74 Å². The largest absolute Gasteiger partial charge is 0.464 e. The number of esters is 1. The standard InChI is InChI=1S/C19H25F3N4O2/c20-19(21,22)16-2-1-3-17(23-16)26-11-9-24(10-12-26)14-4-7-25(8-5-14)15-6-13-28-18(15)27/h1-3,14-15H,4-13H2. The van der Waals surface area contributed by atoms with E-state index in [0.717, 1.165) is 51.5 Å². The van der Waals surface area contributed by atoms with E-state index in [0.29, 0.717) is 31.6 Å². The van der Waals surface area contributed by atoms with Gasteiger partial charge in [0, 0.05) is 51.7 Å². The number of piperidine rings is 1. The lowest BCUT2D eigenvalue weighted by molar-refractivity contribution is -0.143. The van der Waals surface area contributed by atoms with Crippen LogP contribution in [0.2, 0.25) is 0 Å². The summed E-state index contributed by atoms with van der Waals surface area (Å²) in [7, 11) is 0. The van der Waals surface area contributed by atoms with Crippen LogP contribution in [0.5, 0.6) is 0 Å². The number of carbonyl (C=O) groups excluding carboxylic acids is 1. The van der Waals surface area contributed by atoms with E-state index in [-0.39, 0.29) is 12.0 Å². The van der Waals surface area contributed by atoms with Gasteiger partial charge >= 0.3 is 12.1 Å². The molecule has 0 bridgehead atoms. The predicted molar refractivity (Wildman–Crippen MR) is 97.0 cm³/mol. The first-order chi connectivity index (χ1) is 13.4. The fourth-order valence-electron chi connectivity index (χ4n) is 4.45. The molecule has 4 rings (SSSR count). The zero-order chi connectivity index (χ0) is 19.7. The number of anilines is 1. The maximum absolute atomic E-state index is 12.9. The van der Waals surface area contributed by atoms with Gasteiger partial charge in [-0.25, -0.2) is 4.98 Å². The minimum Gasteiger partial charge on any atom is -0.464 e. The van der Waals surface area contributed by atoms with Gasteiger partial charge in [-0.2, -0.15) is 13.2 Å². The number of piperazine rings is 1. The highest BCUT2D eigenvalue weighted by Gasteiger charge is 2.36. The molecule has 6 nitrogen and oxygen atoms in total. The molecule has 1 aromatic heterocycles. The number of halogens is 3. The Bertz CT molecular complexity index is 699. The molecular formula is C19H25F3N4O2. The topological polar surface area (TPSA) is 48.9 Å². The molecule has 28 heavy (non-hydrogen) atoms. The number of hydrogen-bond acceptors (Lipinski definition) is 6. The highest BCUT2D eigenvalue weighted by molar-refractivity contribution is 5.77. The second-order valence-corrected chi connectivity index (χ2v) is 7.64. The van der Waals surface area contributed by atoms with E-state index in [1.165, 1.54) is 6.07 Å². The molecule has 1 aromatic rings. The van der Waals surface area contributed by atoms with Crippen molar-refractivity contribution in [2.45, 2.75) is 37.5 Å².